The number of hydrogen-bond donors (Lipinski definition) is 1. The van der Waals surface area contributed by atoms with Gasteiger partial charge in [-0.2, -0.15) is 0 Å². The fourth-order valence-electron chi connectivity index (χ4n) is 4.19. The zero-order valence-electron chi connectivity index (χ0n) is 14.5. The van der Waals surface area contributed by atoms with Crippen molar-refractivity contribution in [3.63, 3.8) is 0 Å². The van der Waals surface area contributed by atoms with Gasteiger partial charge in [-0.3, -0.25) is 9.69 Å². The minimum Gasteiger partial charge on any atom is -0.468 e. The highest BCUT2D eigenvalue weighted by molar-refractivity contribution is 5.81. The molecule has 1 spiro atoms. The van der Waals surface area contributed by atoms with Crippen molar-refractivity contribution in [2.75, 3.05) is 19.6 Å². The number of nitrogens with one attached hydrogen (secondary N) is 1. The summed E-state index contributed by atoms with van der Waals surface area (Å²) < 4.78 is 11.8. The Bertz CT molecular complexity index is 569. The Morgan fingerprint density at radius 2 is 2.25 bits per heavy atom. The lowest BCUT2D eigenvalue weighted by atomic mass is 9.80. The van der Waals surface area contributed by atoms with Gasteiger partial charge in [0.25, 0.3) is 0 Å². The molecule has 3 heterocycles. The molecule has 5 nitrogen and oxygen atoms in total. The Kier molecular flexibility index (Phi) is 4.39. The van der Waals surface area contributed by atoms with Crippen LogP contribution >= 0.6 is 0 Å². The molecule has 3 aliphatic rings. The van der Waals surface area contributed by atoms with E-state index in [-0.39, 0.29) is 17.6 Å². The largest absolute Gasteiger partial charge is 0.468 e. The summed E-state index contributed by atoms with van der Waals surface area (Å²) in [6, 6.07) is 3.97. The van der Waals surface area contributed by atoms with Gasteiger partial charge in [0.05, 0.1) is 18.4 Å². The van der Waals surface area contributed by atoms with Gasteiger partial charge >= 0.3 is 0 Å². The van der Waals surface area contributed by atoms with Crippen LogP contribution in [0.2, 0.25) is 0 Å². The Morgan fingerprint density at radius 1 is 1.38 bits per heavy atom. The fourth-order valence-corrected chi connectivity index (χ4v) is 4.19. The number of rotatable bonds is 5. The molecule has 24 heavy (non-hydrogen) atoms. The lowest BCUT2D eigenvalue weighted by Crippen LogP contribution is -2.51. The second kappa shape index (κ2) is 6.52. The van der Waals surface area contributed by atoms with E-state index in [0.29, 0.717) is 11.8 Å². The Hall–Kier alpha value is -1.33. The summed E-state index contributed by atoms with van der Waals surface area (Å²) in [6.07, 6.45) is 6.87. The van der Waals surface area contributed by atoms with Crippen LogP contribution in [0.1, 0.15) is 44.8 Å². The second-order valence-electron chi connectivity index (χ2n) is 7.86. The van der Waals surface area contributed by atoms with Gasteiger partial charge in [-0.25, -0.2) is 0 Å². The monoisotopic (exact) mass is 332 g/mol. The summed E-state index contributed by atoms with van der Waals surface area (Å²) >= 11 is 0. The summed E-state index contributed by atoms with van der Waals surface area (Å²) in [5, 5.41) is 3.08. The van der Waals surface area contributed by atoms with Crippen LogP contribution in [0.15, 0.2) is 22.8 Å². The van der Waals surface area contributed by atoms with Crippen molar-refractivity contribution in [2.24, 2.45) is 11.8 Å². The van der Waals surface area contributed by atoms with E-state index in [9.17, 15) is 4.79 Å². The lowest BCUT2D eigenvalue weighted by Gasteiger charge is -2.44. The lowest BCUT2D eigenvalue weighted by molar-refractivity contribution is -0.147. The van der Waals surface area contributed by atoms with Crippen molar-refractivity contribution in [1.29, 1.82) is 0 Å². The second-order valence-corrected chi connectivity index (χ2v) is 7.86. The summed E-state index contributed by atoms with van der Waals surface area (Å²) in [4.78, 5) is 14.8. The molecule has 3 atom stereocenters. The van der Waals surface area contributed by atoms with Gasteiger partial charge in [0.15, 0.2) is 0 Å². The Morgan fingerprint density at radius 3 is 2.96 bits per heavy atom. The van der Waals surface area contributed by atoms with Crippen LogP contribution in [-0.2, 0) is 16.1 Å². The molecule has 0 radical (unpaired) electrons. The van der Waals surface area contributed by atoms with Crippen molar-refractivity contribution < 1.29 is 13.9 Å². The third-order valence-electron chi connectivity index (χ3n) is 6.00. The third-order valence-corrected chi connectivity index (χ3v) is 6.00. The van der Waals surface area contributed by atoms with E-state index in [2.05, 4.69) is 17.1 Å². The highest BCUT2D eigenvalue weighted by Gasteiger charge is 2.48. The van der Waals surface area contributed by atoms with Crippen molar-refractivity contribution >= 4 is 5.91 Å². The molecule has 0 bridgehead atoms. The van der Waals surface area contributed by atoms with E-state index in [1.807, 2.05) is 12.1 Å². The van der Waals surface area contributed by atoms with Gasteiger partial charge in [0.1, 0.15) is 11.9 Å². The average molecular weight is 332 g/mol. The van der Waals surface area contributed by atoms with E-state index >= 15 is 0 Å². The molecule has 2 aliphatic heterocycles. The van der Waals surface area contributed by atoms with Crippen LogP contribution < -0.4 is 5.32 Å². The van der Waals surface area contributed by atoms with Crippen LogP contribution in [0.5, 0.6) is 0 Å². The van der Waals surface area contributed by atoms with Crippen LogP contribution in [-0.4, -0.2) is 42.1 Å². The zero-order valence-corrected chi connectivity index (χ0v) is 14.5. The molecule has 1 aromatic heterocycles. The van der Waals surface area contributed by atoms with Gasteiger partial charge < -0.3 is 14.5 Å². The number of carbonyl (C=O) groups is 1. The van der Waals surface area contributed by atoms with Crippen LogP contribution in [0.4, 0.5) is 0 Å². The number of likely N-dealkylation sites (tertiary alicyclic amines) is 1. The van der Waals surface area contributed by atoms with E-state index in [4.69, 9.17) is 9.15 Å². The third kappa shape index (κ3) is 3.38. The molecule has 1 amide bonds. The molecular formula is C19H28N2O3. The summed E-state index contributed by atoms with van der Waals surface area (Å²) in [5.41, 5.74) is -0.110. The number of nitrogens with zero attached hydrogens (tertiary/aromatic N) is 1. The maximum Gasteiger partial charge on any atom is 0.249 e. The first kappa shape index (κ1) is 16.2. The molecule has 1 N–H and O–H groups in total. The maximum atomic E-state index is 12.3. The van der Waals surface area contributed by atoms with Crippen molar-refractivity contribution in [1.82, 2.24) is 10.2 Å². The summed E-state index contributed by atoms with van der Waals surface area (Å²) in [6.45, 7) is 5.95. The molecule has 0 aromatic carbocycles. The number of furan rings is 1. The number of piperidine rings is 1. The van der Waals surface area contributed by atoms with Gasteiger partial charge in [0.2, 0.25) is 5.91 Å². The van der Waals surface area contributed by atoms with Gasteiger partial charge in [0, 0.05) is 19.6 Å². The maximum absolute atomic E-state index is 12.3. The first-order valence-electron chi connectivity index (χ1n) is 9.35. The van der Waals surface area contributed by atoms with Crippen LogP contribution in [0.25, 0.3) is 0 Å². The first-order valence-corrected chi connectivity index (χ1v) is 9.35. The topological polar surface area (TPSA) is 54.7 Å². The molecule has 2 saturated heterocycles. The van der Waals surface area contributed by atoms with Crippen molar-refractivity contribution in [3.8, 4) is 0 Å². The molecule has 3 fully saturated rings. The quantitative estimate of drug-likeness (QED) is 0.900. The average Bonchev–Trinajstić information content (AvgIpc) is 3.07. The van der Waals surface area contributed by atoms with Crippen LogP contribution in [0.3, 0.4) is 0 Å². The standard InChI is InChI=1S/C19H28N2O3/c1-14-12-21(13-16-3-2-10-23-16)9-8-19(14)7-6-17(24-19)18(22)20-11-15-4-5-15/h2-3,10,14-15,17H,4-9,11-13H2,1H3,(H,20,22)/t14-,17+,19+/m0/s1. The number of ether oxygens (including phenoxy) is 1. The van der Waals surface area contributed by atoms with E-state index < -0.39 is 0 Å². The molecule has 0 unspecified atom stereocenters. The summed E-state index contributed by atoms with van der Waals surface area (Å²) in [7, 11) is 0. The molecule has 132 valence electrons. The predicted octanol–water partition coefficient (Wildman–Crippen LogP) is 2.57. The molecule has 1 saturated carbocycles. The zero-order chi connectivity index (χ0) is 16.6. The minimum absolute atomic E-state index is 0.101. The summed E-state index contributed by atoms with van der Waals surface area (Å²) in [5.74, 6) is 2.27. The highest BCUT2D eigenvalue weighted by Crippen LogP contribution is 2.42. The smallest absolute Gasteiger partial charge is 0.249 e. The number of carbonyl (C=O) groups excluding carboxylic acids is 1. The van der Waals surface area contributed by atoms with Gasteiger partial charge in [-0.15, -0.1) is 0 Å². The molecule has 4 rings (SSSR count). The van der Waals surface area contributed by atoms with E-state index in [0.717, 1.165) is 51.2 Å². The Balaban J connectivity index is 1.30. The Labute approximate surface area is 143 Å². The molecular weight excluding hydrogens is 304 g/mol. The van der Waals surface area contributed by atoms with Gasteiger partial charge in [-0.1, -0.05) is 6.92 Å². The number of amides is 1. The SMILES string of the molecule is C[C@H]1CN(Cc2ccco2)CC[C@]12CC[C@H](C(=O)NCC1CC1)O2. The molecule has 5 heteroatoms. The number of hydrogen-bond acceptors (Lipinski definition) is 4. The minimum atomic E-state index is -0.247. The fraction of sp³-hybridized carbons (Fsp3) is 0.737. The van der Waals surface area contributed by atoms with Crippen LogP contribution in [0, 0.1) is 11.8 Å². The van der Waals surface area contributed by atoms with Crippen molar-refractivity contribution in [2.45, 2.75) is 57.3 Å². The highest BCUT2D eigenvalue weighted by atomic mass is 16.5. The first-order chi connectivity index (χ1) is 11.6. The van der Waals surface area contributed by atoms with E-state index in [1.165, 1.54) is 12.8 Å². The van der Waals surface area contributed by atoms with E-state index in [1.54, 1.807) is 6.26 Å². The van der Waals surface area contributed by atoms with Gasteiger partial charge in [-0.05, 0) is 56.1 Å². The predicted molar refractivity (Wildman–Crippen MR) is 90.3 cm³/mol. The molecule has 1 aliphatic carbocycles. The molecule has 1 aromatic rings. The van der Waals surface area contributed by atoms with Crippen molar-refractivity contribution in [3.05, 3.63) is 24.2 Å². The normalized spacial score (nSPS) is 33.9.